The predicted molar refractivity (Wildman–Crippen MR) is 64.0 cm³/mol. The molecule has 0 saturated heterocycles. The summed E-state index contributed by atoms with van der Waals surface area (Å²) >= 11 is 1.68. The number of aliphatic hydroxyl groups is 1. The molecule has 1 aromatic heterocycles. The summed E-state index contributed by atoms with van der Waals surface area (Å²) in [6.07, 6.45) is 0.675. The van der Waals surface area contributed by atoms with Crippen LogP contribution < -0.4 is 0 Å². The van der Waals surface area contributed by atoms with Gasteiger partial charge in [-0.3, -0.25) is 0 Å². The molecule has 2 rings (SSSR count). The molecular formula is C13H14OS. The summed E-state index contributed by atoms with van der Waals surface area (Å²) in [5.41, 5.74) is 0.199. The van der Waals surface area contributed by atoms with E-state index in [0.29, 0.717) is 6.42 Å². The minimum atomic E-state index is -0.772. The SMILES string of the molecule is CC(O)(Cc1cccs1)c1ccccc1. The monoisotopic (exact) mass is 218 g/mol. The first-order valence-electron chi connectivity index (χ1n) is 4.99. The van der Waals surface area contributed by atoms with Crippen LogP contribution in [-0.4, -0.2) is 5.11 Å². The molecule has 15 heavy (non-hydrogen) atoms. The highest BCUT2D eigenvalue weighted by molar-refractivity contribution is 7.09. The molecule has 1 nitrogen and oxygen atoms in total. The van der Waals surface area contributed by atoms with Crippen molar-refractivity contribution in [3.8, 4) is 0 Å². The lowest BCUT2D eigenvalue weighted by molar-refractivity contribution is 0.0585. The van der Waals surface area contributed by atoms with Crippen molar-refractivity contribution in [3.63, 3.8) is 0 Å². The third kappa shape index (κ3) is 2.46. The molecule has 0 amide bonds. The molecule has 0 bridgehead atoms. The van der Waals surface area contributed by atoms with Crippen molar-refractivity contribution in [2.24, 2.45) is 0 Å². The number of hydrogen-bond acceptors (Lipinski definition) is 2. The maximum absolute atomic E-state index is 10.4. The number of thiophene rings is 1. The van der Waals surface area contributed by atoms with Crippen molar-refractivity contribution >= 4 is 11.3 Å². The van der Waals surface area contributed by atoms with Gasteiger partial charge in [0.05, 0.1) is 5.60 Å². The third-order valence-electron chi connectivity index (χ3n) is 2.49. The quantitative estimate of drug-likeness (QED) is 0.838. The zero-order chi connectivity index (χ0) is 10.7. The van der Waals surface area contributed by atoms with E-state index in [2.05, 4.69) is 6.07 Å². The van der Waals surface area contributed by atoms with E-state index >= 15 is 0 Å². The summed E-state index contributed by atoms with van der Waals surface area (Å²) in [6.45, 7) is 1.86. The largest absolute Gasteiger partial charge is 0.385 e. The van der Waals surface area contributed by atoms with E-state index in [1.165, 1.54) is 4.88 Å². The van der Waals surface area contributed by atoms with Crippen LogP contribution in [0.5, 0.6) is 0 Å². The Morgan fingerprint density at radius 1 is 1.13 bits per heavy atom. The Morgan fingerprint density at radius 2 is 1.87 bits per heavy atom. The van der Waals surface area contributed by atoms with Gasteiger partial charge >= 0.3 is 0 Å². The van der Waals surface area contributed by atoms with Crippen molar-refractivity contribution in [3.05, 3.63) is 58.3 Å². The first-order chi connectivity index (χ1) is 7.18. The van der Waals surface area contributed by atoms with E-state index < -0.39 is 5.60 Å². The van der Waals surface area contributed by atoms with Crippen molar-refractivity contribution in [2.75, 3.05) is 0 Å². The van der Waals surface area contributed by atoms with Gasteiger partial charge in [0.15, 0.2) is 0 Å². The standard InChI is InChI=1S/C13H14OS/c1-13(14,10-12-8-5-9-15-12)11-6-3-2-4-7-11/h2-9,14H,10H2,1H3. The van der Waals surface area contributed by atoms with Gasteiger partial charge in [-0.1, -0.05) is 36.4 Å². The van der Waals surface area contributed by atoms with E-state index in [4.69, 9.17) is 0 Å². The molecule has 1 N–H and O–H groups in total. The smallest absolute Gasteiger partial charge is 0.0916 e. The average Bonchev–Trinajstić information content (AvgIpc) is 2.71. The van der Waals surface area contributed by atoms with Crippen LogP contribution in [0.3, 0.4) is 0 Å². The fraction of sp³-hybridized carbons (Fsp3) is 0.231. The summed E-state index contributed by atoms with van der Waals surface area (Å²) in [5.74, 6) is 0. The van der Waals surface area contributed by atoms with E-state index in [1.807, 2.05) is 48.7 Å². The van der Waals surface area contributed by atoms with Crippen molar-refractivity contribution < 1.29 is 5.11 Å². The number of rotatable bonds is 3. The van der Waals surface area contributed by atoms with Crippen molar-refractivity contribution in [1.82, 2.24) is 0 Å². The molecule has 0 spiro atoms. The molecule has 1 atom stereocenters. The van der Waals surface area contributed by atoms with E-state index in [-0.39, 0.29) is 0 Å². The fourth-order valence-electron chi connectivity index (χ4n) is 1.65. The van der Waals surface area contributed by atoms with Crippen LogP contribution in [0.15, 0.2) is 47.8 Å². The van der Waals surface area contributed by atoms with E-state index in [1.54, 1.807) is 11.3 Å². The number of benzene rings is 1. The summed E-state index contributed by atoms with van der Waals surface area (Å²) in [5, 5.41) is 12.4. The lowest BCUT2D eigenvalue weighted by Gasteiger charge is -2.23. The van der Waals surface area contributed by atoms with Crippen LogP contribution in [0.1, 0.15) is 17.4 Å². The summed E-state index contributed by atoms with van der Waals surface area (Å²) in [4.78, 5) is 1.21. The molecule has 1 aromatic carbocycles. The Hall–Kier alpha value is -1.12. The van der Waals surface area contributed by atoms with Gasteiger partial charge in [-0.25, -0.2) is 0 Å². The first kappa shape index (κ1) is 10.4. The van der Waals surface area contributed by atoms with Crippen LogP contribution in [0.25, 0.3) is 0 Å². The Balaban J connectivity index is 2.20. The third-order valence-corrected chi connectivity index (χ3v) is 3.37. The lowest BCUT2D eigenvalue weighted by atomic mass is 9.92. The van der Waals surface area contributed by atoms with Crippen LogP contribution in [0.2, 0.25) is 0 Å². The van der Waals surface area contributed by atoms with Gasteiger partial charge in [-0.15, -0.1) is 11.3 Å². The Morgan fingerprint density at radius 3 is 2.47 bits per heavy atom. The molecular weight excluding hydrogens is 204 g/mol. The summed E-state index contributed by atoms with van der Waals surface area (Å²) < 4.78 is 0. The van der Waals surface area contributed by atoms with Gasteiger partial charge < -0.3 is 5.11 Å². The molecule has 0 fully saturated rings. The van der Waals surface area contributed by atoms with Crippen LogP contribution >= 0.6 is 11.3 Å². The molecule has 0 aliphatic rings. The Kier molecular flexibility index (Phi) is 2.89. The molecule has 1 heterocycles. The van der Waals surface area contributed by atoms with Crippen molar-refractivity contribution in [1.29, 1.82) is 0 Å². The van der Waals surface area contributed by atoms with Gasteiger partial charge in [0.1, 0.15) is 0 Å². The average molecular weight is 218 g/mol. The second-order valence-corrected chi connectivity index (χ2v) is 4.93. The Labute approximate surface area is 94.0 Å². The van der Waals surface area contributed by atoms with Crippen LogP contribution in [-0.2, 0) is 12.0 Å². The Bertz CT molecular complexity index is 403. The second-order valence-electron chi connectivity index (χ2n) is 3.90. The molecule has 1 unspecified atom stereocenters. The van der Waals surface area contributed by atoms with Gasteiger partial charge in [0, 0.05) is 11.3 Å². The van der Waals surface area contributed by atoms with Crippen molar-refractivity contribution in [2.45, 2.75) is 18.9 Å². The fourth-order valence-corrected chi connectivity index (χ4v) is 2.51. The lowest BCUT2D eigenvalue weighted by Crippen LogP contribution is -2.23. The van der Waals surface area contributed by atoms with Gasteiger partial charge in [-0.05, 0) is 23.9 Å². The van der Waals surface area contributed by atoms with Crippen LogP contribution in [0, 0.1) is 0 Å². The maximum atomic E-state index is 10.4. The molecule has 2 heteroatoms. The molecule has 0 aliphatic heterocycles. The topological polar surface area (TPSA) is 20.2 Å². The zero-order valence-corrected chi connectivity index (χ0v) is 9.50. The molecule has 78 valence electrons. The predicted octanol–water partition coefficient (Wildman–Crippen LogP) is 3.20. The summed E-state index contributed by atoms with van der Waals surface area (Å²) in [6, 6.07) is 13.9. The van der Waals surface area contributed by atoms with Gasteiger partial charge in [0.25, 0.3) is 0 Å². The first-order valence-corrected chi connectivity index (χ1v) is 5.87. The van der Waals surface area contributed by atoms with Gasteiger partial charge in [0.2, 0.25) is 0 Å². The highest BCUT2D eigenvalue weighted by Gasteiger charge is 2.23. The molecule has 0 radical (unpaired) electrons. The van der Waals surface area contributed by atoms with E-state index in [0.717, 1.165) is 5.56 Å². The maximum Gasteiger partial charge on any atom is 0.0916 e. The highest BCUT2D eigenvalue weighted by Crippen LogP contribution is 2.26. The zero-order valence-electron chi connectivity index (χ0n) is 8.68. The highest BCUT2D eigenvalue weighted by atomic mass is 32.1. The van der Waals surface area contributed by atoms with E-state index in [9.17, 15) is 5.11 Å². The molecule has 2 aromatic rings. The molecule has 0 saturated carbocycles. The number of hydrogen-bond donors (Lipinski definition) is 1. The van der Waals surface area contributed by atoms with Gasteiger partial charge in [-0.2, -0.15) is 0 Å². The minimum absolute atomic E-state index is 0.675. The normalized spacial score (nSPS) is 14.8. The summed E-state index contributed by atoms with van der Waals surface area (Å²) in [7, 11) is 0. The second kappa shape index (κ2) is 4.17. The minimum Gasteiger partial charge on any atom is -0.385 e. The van der Waals surface area contributed by atoms with Crippen LogP contribution in [0.4, 0.5) is 0 Å². The molecule has 0 aliphatic carbocycles.